The van der Waals surface area contributed by atoms with Gasteiger partial charge in [-0.15, -0.1) is 0 Å². The van der Waals surface area contributed by atoms with Gasteiger partial charge in [-0.25, -0.2) is 4.79 Å². The first-order valence-electron chi connectivity index (χ1n) is 4.72. The van der Waals surface area contributed by atoms with Crippen molar-refractivity contribution in [3.8, 4) is 5.75 Å². The number of halogens is 1. The first-order chi connectivity index (χ1) is 7.84. The molecule has 1 aromatic carbocycles. The number of carboxylic acids is 1. The fourth-order valence-corrected chi connectivity index (χ4v) is 1.69. The third-order valence-corrected chi connectivity index (χ3v) is 3.37. The van der Waals surface area contributed by atoms with E-state index in [4.69, 9.17) is 5.11 Å². The monoisotopic (exact) mass is 302 g/mol. The van der Waals surface area contributed by atoms with Gasteiger partial charge in [-0.3, -0.25) is 4.79 Å². The topological polar surface area (TPSA) is 94.8 Å². The van der Waals surface area contributed by atoms with Gasteiger partial charge in [0.2, 0.25) is 0 Å². The number of aliphatic hydroxyl groups is 1. The molecule has 0 saturated carbocycles. The van der Waals surface area contributed by atoms with Gasteiger partial charge in [0.1, 0.15) is 16.4 Å². The number of hydrogen-bond acceptors (Lipinski definition) is 4. The summed E-state index contributed by atoms with van der Waals surface area (Å²) in [5.74, 6) is -1.83. The molecule has 0 heterocycles. The molecule has 0 radical (unpaired) electrons. The smallest absolute Gasteiger partial charge is 0.337 e. The van der Waals surface area contributed by atoms with Crippen molar-refractivity contribution in [3.05, 3.63) is 29.3 Å². The fourth-order valence-electron chi connectivity index (χ4n) is 1.31. The summed E-state index contributed by atoms with van der Waals surface area (Å²) in [7, 11) is 0. The molecule has 3 N–H and O–H groups in total. The van der Waals surface area contributed by atoms with Gasteiger partial charge in [0.15, 0.2) is 6.10 Å². The highest BCUT2D eigenvalue weighted by Gasteiger charge is 2.20. The van der Waals surface area contributed by atoms with E-state index in [1.54, 1.807) is 0 Å². The van der Waals surface area contributed by atoms with Gasteiger partial charge < -0.3 is 15.3 Å². The third-order valence-electron chi connectivity index (χ3n) is 2.23. The number of ketones is 1. The Morgan fingerprint density at radius 2 is 1.94 bits per heavy atom. The molecule has 1 aromatic rings. The normalized spacial score (nSPS) is 14.1. The van der Waals surface area contributed by atoms with Crippen LogP contribution in [-0.4, -0.2) is 27.1 Å². The Hall–Kier alpha value is -1.40. The number of aromatic hydroxyl groups is 1. The van der Waals surface area contributed by atoms with Crippen molar-refractivity contribution in [2.45, 2.75) is 17.9 Å². The number of aliphatic carboxylic acids is 1. The van der Waals surface area contributed by atoms with Gasteiger partial charge in [-0.05, 0) is 18.6 Å². The molecule has 2 unspecified atom stereocenters. The molecule has 0 spiro atoms. The Morgan fingerprint density at radius 3 is 2.35 bits per heavy atom. The molecule has 0 aliphatic carbocycles. The lowest BCUT2D eigenvalue weighted by Gasteiger charge is -2.12. The number of alkyl halides is 1. The maximum absolute atomic E-state index is 11.1. The second-order valence-electron chi connectivity index (χ2n) is 3.53. The number of carboxylic acid groups (broad SMARTS) is 1. The van der Waals surface area contributed by atoms with E-state index in [0.717, 1.165) is 6.07 Å². The lowest BCUT2D eigenvalue weighted by Crippen LogP contribution is -2.10. The summed E-state index contributed by atoms with van der Waals surface area (Å²) in [6.07, 6.45) is -1.69. The molecule has 0 aromatic heterocycles. The zero-order valence-electron chi connectivity index (χ0n) is 8.92. The summed E-state index contributed by atoms with van der Waals surface area (Å²) in [5.41, 5.74) is 0.390. The highest BCUT2D eigenvalue weighted by molar-refractivity contribution is 9.09. The minimum absolute atomic E-state index is 0.0574. The molecule has 6 heteroatoms. The standard InChI is InChI=1S/C11H11BrO5/c1-5(13)9(12)7-3-2-6(4-8(7)14)10(15)11(16)17/h2-4,9-10,14-15H,1H3,(H,16,17). The van der Waals surface area contributed by atoms with Gasteiger partial charge in [-0.2, -0.15) is 0 Å². The van der Waals surface area contributed by atoms with Crippen LogP contribution in [0.25, 0.3) is 0 Å². The molecule has 2 atom stereocenters. The van der Waals surface area contributed by atoms with E-state index in [-0.39, 0.29) is 17.1 Å². The van der Waals surface area contributed by atoms with E-state index in [1.807, 2.05) is 0 Å². The van der Waals surface area contributed by atoms with Gasteiger partial charge >= 0.3 is 5.97 Å². The number of aliphatic hydroxyl groups excluding tert-OH is 1. The van der Waals surface area contributed by atoms with Crippen LogP contribution in [-0.2, 0) is 9.59 Å². The number of carbonyl (C=O) groups is 2. The minimum Gasteiger partial charge on any atom is -0.508 e. The van der Waals surface area contributed by atoms with Crippen molar-refractivity contribution < 1.29 is 24.9 Å². The van der Waals surface area contributed by atoms with Crippen LogP contribution in [0.3, 0.4) is 0 Å². The van der Waals surface area contributed by atoms with Crippen LogP contribution in [0.5, 0.6) is 5.75 Å². The predicted molar refractivity (Wildman–Crippen MR) is 63.1 cm³/mol. The van der Waals surface area contributed by atoms with E-state index in [9.17, 15) is 19.8 Å². The first kappa shape index (κ1) is 13.7. The van der Waals surface area contributed by atoms with Crippen molar-refractivity contribution >= 4 is 27.7 Å². The van der Waals surface area contributed by atoms with Gasteiger partial charge in [0.25, 0.3) is 0 Å². The number of rotatable bonds is 4. The number of phenolic OH excluding ortho intramolecular Hbond substituents is 1. The number of Topliss-reactive ketones (excluding diaryl/α,β-unsaturated/α-hetero) is 1. The molecular weight excluding hydrogens is 292 g/mol. The lowest BCUT2D eigenvalue weighted by molar-refractivity contribution is -0.147. The van der Waals surface area contributed by atoms with E-state index in [0.29, 0.717) is 5.56 Å². The van der Waals surface area contributed by atoms with Crippen LogP contribution < -0.4 is 0 Å². The Kier molecular flexibility index (Phi) is 4.25. The molecule has 0 aliphatic rings. The molecule has 0 saturated heterocycles. The summed E-state index contributed by atoms with van der Waals surface area (Å²) >= 11 is 3.10. The van der Waals surface area contributed by atoms with Gasteiger partial charge in [0.05, 0.1) is 0 Å². The SMILES string of the molecule is CC(=O)C(Br)c1ccc(C(O)C(=O)O)cc1O. The van der Waals surface area contributed by atoms with E-state index >= 15 is 0 Å². The molecular formula is C11H11BrO5. The average molecular weight is 303 g/mol. The molecule has 5 nitrogen and oxygen atoms in total. The van der Waals surface area contributed by atoms with Crippen LogP contribution in [0.4, 0.5) is 0 Å². The molecule has 1 rings (SSSR count). The maximum atomic E-state index is 11.1. The van der Waals surface area contributed by atoms with Crippen LogP contribution >= 0.6 is 15.9 Å². The van der Waals surface area contributed by atoms with E-state index < -0.39 is 16.9 Å². The number of hydrogen-bond donors (Lipinski definition) is 3. The number of phenols is 1. The average Bonchev–Trinajstić information content (AvgIpc) is 2.26. The molecule has 0 fully saturated rings. The van der Waals surface area contributed by atoms with Crippen LogP contribution in [0.2, 0.25) is 0 Å². The lowest BCUT2D eigenvalue weighted by atomic mass is 10.0. The molecule has 0 amide bonds. The van der Waals surface area contributed by atoms with Crippen molar-refractivity contribution in [2.75, 3.05) is 0 Å². The summed E-state index contributed by atoms with van der Waals surface area (Å²) in [6.45, 7) is 1.36. The van der Waals surface area contributed by atoms with Crippen molar-refractivity contribution in [2.24, 2.45) is 0 Å². The highest BCUT2D eigenvalue weighted by Crippen LogP contribution is 2.33. The van der Waals surface area contributed by atoms with Gasteiger partial charge in [0, 0.05) is 5.56 Å². The van der Waals surface area contributed by atoms with E-state index in [1.165, 1.54) is 19.1 Å². The molecule has 92 valence electrons. The summed E-state index contributed by atoms with van der Waals surface area (Å²) in [4.78, 5) is 21.0. The second-order valence-corrected chi connectivity index (χ2v) is 4.45. The summed E-state index contributed by atoms with van der Waals surface area (Å²) in [6, 6.07) is 3.88. The Balaban J connectivity index is 3.10. The number of carbonyl (C=O) groups excluding carboxylic acids is 1. The largest absolute Gasteiger partial charge is 0.508 e. The van der Waals surface area contributed by atoms with Crippen LogP contribution in [0.15, 0.2) is 18.2 Å². The molecule has 0 bridgehead atoms. The first-order valence-corrected chi connectivity index (χ1v) is 5.64. The second kappa shape index (κ2) is 5.29. The molecule has 0 aliphatic heterocycles. The third kappa shape index (κ3) is 3.04. The summed E-state index contributed by atoms with van der Waals surface area (Å²) < 4.78 is 0. The highest BCUT2D eigenvalue weighted by atomic mass is 79.9. The predicted octanol–water partition coefficient (Wildman–Crippen LogP) is 1.54. The van der Waals surface area contributed by atoms with Crippen molar-refractivity contribution in [1.82, 2.24) is 0 Å². The minimum atomic E-state index is -1.69. The van der Waals surface area contributed by atoms with Crippen LogP contribution in [0.1, 0.15) is 29.0 Å². The fraction of sp³-hybridized carbons (Fsp3) is 0.273. The molecule has 17 heavy (non-hydrogen) atoms. The van der Waals surface area contributed by atoms with Crippen molar-refractivity contribution in [1.29, 1.82) is 0 Å². The van der Waals surface area contributed by atoms with Gasteiger partial charge in [-0.1, -0.05) is 28.1 Å². The zero-order valence-corrected chi connectivity index (χ0v) is 10.5. The quantitative estimate of drug-likeness (QED) is 0.733. The zero-order chi connectivity index (χ0) is 13.2. The Morgan fingerprint density at radius 1 is 1.35 bits per heavy atom. The van der Waals surface area contributed by atoms with E-state index in [2.05, 4.69) is 15.9 Å². The number of benzene rings is 1. The maximum Gasteiger partial charge on any atom is 0.337 e. The Bertz CT molecular complexity index is 457. The van der Waals surface area contributed by atoms with Crippen molar-refractivity contribution in [3.63, 3.8) is 0 Å². The Labute approximate surface area is 106 Å². The summed E-state index contributed by atoms with van der Waals surface area (Å²) in [5, 5.41) is 27.5. The van der Waals surface area contributed by atoms with Crippen LogP contribution in [0, 0.1) is 0 Å².